The number of anilines is 1. The first-order chi connectivity index (χ1) is 9.92. The molecular weight excluding hydrogens is 277 g/mol. The number of rotatable bonds is 6. The molecule has 2 rings (SSSR count). The number of hydrogen-bond acceptors (Lipinski definition) is 4. The summed E-state index contributed by atoms with van der Waals surface area (Å²) in [6.07, 6.45) is 3.94. The van der Waals surface area contributed by atoms with Crippen LogP contribution in [0.25, 0.3) is 0 Å². The fraction of sp³-hybridized carbons (Fsp3) is 0.500. The molecule has 21 heavy (non-hydrogen) atoms. The number of nitrogens with one attached hydrogen (secondary N) is 1. The largest absolute Gasteiger partial charge is 0.396 e. The van der Waals surface area contributed by atoms with Crippen LogP contribution in [0.1, 0.15) is 43.0 Å². The van der Waals surface area contributed by atoms with Gasteiger partial charge in [-0.05, 0) is 24.8 Å². The zero-order chi connectivity index (χ0) is 15.6. The second kappa shape index (κ2) is 6.07. The van der Waals surface area contributed by atoms with Gasteiger partial charge in [-0.3, -0.25) is 14.9 Å². The van der Waals surface area contributed by atoms with Crippen LogP contribution in [0.4, 0.5) is 15.8 Å². The molecule has 0 spiro atoms. The van der Waals surface area contributed by atoms with Crippen molar-refractivity contribution >= 4 is 17.3 Å². The predicted molar refractivity (Wildman–Crippen MR) is 76.4 cm³/mol. The second-order valence-electron chi connectivity index (χ2n) is 5.41. The van der Waals surface area contributed by atoms with E-state index in [0.717, 1.165) is 31.7 Å². The summed E-state index contributed by atoms with van der Waals surface area (Å²) in [6.45, 7) is 1.95. The van der Waals surface area contributed by atoms with Gasteiger partial charge in [-0.15, -0.1) is 0 Å². The standard InChI is InChI=1S/C14H18FN3O3/c1-2-9(5-8-3-4-8)17-14(19)10-6-12(16)11(15)7-13(10)18(20)21/h6-9H,2-5,16H2,1H3,(H,17,19). The number of nitrogens with two attached hydrogens (primary N) is 1. The third-order valence-corrected chi connectivity index (χ3v) is 3.70. The molecule has 1 atom stereocenters. The molecule has 0 radical (unpaired) electrons. The molecule has 0 heterocycles. The summed E-state index contributed by atoms with van der Waals surface area (Å²) in [4.78, 5) is 22.4. The molecule has 0 bridgehead atoms. The summed E-state index contributed by atoms with van der Waals surface area (Å²) >= 11 is 0. The molecule has 1 aliphatic rings. The number of nitrogens with zero attached hydrogens (tertiary/aromatic N) is 1. The molecule has 0 aliphatic heterocycles. The van der Waals surface area contributed by atoms with Crippen LogP contribution in [0.15, 0.2) is 12.1 Å². The van der Waals surface area contributed by atoms with Gasteiger partial charge in [-0.2, -0.15) is 0 Å². The van der Waals surface area contributed by atoms with Crippen molar-refractivity contribution in [2.24, 2.45) is 5.92 Å². The van der Waals surface area contributed by atoms with Crippen LogP contribution in [0.2, 0.25) is 0 Å². The van der Waals surface area contributed by atoms with Crippen LogP contribution in [0.3, 0.4) is 0 Å². The van der Waals surface area contributed by atoms with Gasteiger partial charge >= 0.3 is 0 Å². The highest BCUT2D eigenvalue weighted by Crippen LogP contribution is 2.34. The van der Waals surface area contributed by atoms with E-state index >= 15 is 0 Å². The van der Waals surface area contributed by atoms with Crippen molar-refractivity contribution in [1.82, 2.24) is 5.32 Å². The molecule has 7 heteroatoms. The highest BCUT2D eigenvalue weighted by atomic mass is 19.1. The van der Waals surface area contributed by atoms with Gasteiger partial charge in [0.1, 0.15) is 5.56 Å². The van der Waals surface area contributed by atoms with Crippen LogP contribution < -0.4 is 11.1 Å². The number of benzene rings is 1. The summed E-state index contributed by atoms with van der Waals surface area (Å²) in [6, 6.07) is 1.68. The van der Waals surface area contributed by atoms with Gasteiger partial charge in [0.25, 0.3) is 11.6 Å². The first-order valence-corrected chi connectivity index (χ1v) is 6.96. The van der Waals surface area contributed by atoms with Gasteiger partial charge in [-0.1, -0.05) is 19.8 Å². The number of nitrogen functional groups attached to an aromatic ring is 1. The van der Waals surface area contributed by atoms with E-state index in [4.69, 9.17) is 5.73 Å². The highest BCUT2D eigenvalue weighted by Gasteiger charge is 2.28. The Labute approximate surface area is 121 Å². The number of amides is 1. The van der Waals surface area contributed by atoms with Crippen LogP contribution in [-0.4, -0.2) is 16.9 Å². The summed E-state index contributed by atoms with van der Waals surface area (Å²) in [5, 5.41) is 13.7. The monoisotopic (exact) mass is 295 g/mol. The average molecular weight is 295 g/mol. The van der Waals surface area contributed by atoms with E-state index < -0.39 is 22.3 Å². The lowest BCUT2D eigenvalue weighted by Gasteiger charge is -2.16. The Balaban J connectivity index is 2.20. The fourth-order valence-electron chi connectivity index (χ4n) is 2.26. The van der Waals surface area contributed by atoms with Crippen molar-refractivity contribution in [3.05, 3.63) is 33.6 Å². The summed E-state index contributed by atoms with van der Waals surface area (Å²) in [5.74, 6) is -0.854. The van der Waals surface area contributed by atoms with Crippen molar-refractivity contribution in [2.75, 3.05) is 5.73 Å². The van der Waals surface area contributed by atoms with Gasteiger partial charge in [0.05, 0.1) is 16.7 Å². The van der Waals surface area contributed by atoms with E-state index in [1.165, 1.54) is 0 Å². The van der Waals surface area contributed by atoms with Gasteiger partial charge in [-0.25, -0.2) is 4.39 Å². The third-order valence-electron chi connectivity index (χ3n) is 3.70. The van der Waals surface area contributed by atoms with E-state index in [0.29, 0.717) is 12.0 Å². The zero-order valence-electron chi connectivity index (χ0n) is 11.8. The van der Waals surface area contributed by atoms with Crippen LogP contribution >= 0.6 is 0 Å². The molecule has 1 unspecified atom stereocenters. The number of nitro benzene ring substituents is 1. The number of hydrogen-bond donors (Lipinski definition) is 2. The summed E-state index contributed by atoms with van der Waals surface area (Å²) in [5.41, 5.74) is 4.36. The molecule has 3 N–H and O–H groups in total. The molecule has 1 aromatic rings. The van der Waals surface area contributed by atoms with Crippen molar-refractivity contribution < 1.29 is 14.1 Å². The van der Waals surface area contributed by atoms with Crippen molar-refractivity contribution in [3.63, 3.8) is 0 Å². The lowest BCUT2D eigenvalue weighted by molar-refractivity contribution is -0.385. The maximum Gasteiger partial charge on any atom is 0.285 e. The Kier molecular flexibility index (Phi) is 4.40. The normalized spacial score (nSPS) is 15.5. The quantitative estimate of drug-likeness (QED) is 0.479. The molecule has 1 amide bonds. The lowest BCUT2D eigenvalue weighted by atomic mass is 10.1. The SMILES string of the molecule is CCC(CC1CC1)NC(=O)c1cc(N)c(F)cc1[N+](=O)[O-]. The van der Waals surface area contributed by atoms with Crippen molar-refractivity contribution in [1.29, 1.82) is 0 Å². The fourth-order valence-corrected chi connectivity index (χ4v) is 2.26. The topological polar surface area (TPSA) is 98.3 Å². The molecule has 6 nitrogen and oxygen atoms in total. The molecule has 1 fully saturated rings. The van der Waals surface area contributed by atoms with Gasteiger partial charge in [0.15, 0.2) is 5.82 Å². The van der Waals surface area contributed by atoms with E-state index in [9.17, 15) is 19.3 Å². The number of nitro groups is 1. The van der Waals surface area contributed by atoms with E-state index in [1.807, 2.05) is 6.92 Å². The Morgan fingerprint density at radius 3 is 2.76 bits per heavy atom. The molecule has 1 aromatic carbocycles. The molecule has 1 saturated carbocycles. The highest BCUT2D eigenvalue weighted by molar-refractivity contribution is 5.99. The Morgan fingerprint density at radius 2 is 2.24 bits per heavy atom. The average Bonchev–Trinajstić information content (AvgIpc) is 3.24. The number of carbonyl (C=O) groups is 1. The van der Waals surface area contributed by atoms with Gasteiger partial charge < -0.3 is 11.1 Å². The van der Waals surface area contributed by atoms with Crippen molar-refractivity contribution in [3.8, 4) is 0 Å². The second-order valence-corrected chi connectivity index (χ2v) is 5.41. The van der Waals surface area contributed by atoms with E-state index in [2.05, 4.69) is 5.32 Å². The van der Waals surface area contributed by atoms with Gasteiger partial charge in [0.2, 0.25) is 0 Å². The molecule has 114 valence electrons. The van der Waals surface area contributed by atoms with E-state index in [-0.39, 0.29) is 17.3 Å². The minimum Gasteiger partial charge on any atom is -0.396 e. The van der Waals surface area contributed by atoms with Crippen LogP contribution in [0.5, 0.6) is 0 Å². The minimum atomic E-state index is -0.900. The first-order valence-electron chi connectivity index (χ1n) is 6.96. The first kappa shape index (κ1) is 15.2. The number of carbonyl (C=O) groups excluding carboxylic acids is 1. The summed E-state index contributed by atoms with van der Waals surface area (Å²) < 4.78 is 13.3. The lowest BCUT2D eigenvalue weighted by Crippen LogP contribution is -2.35. The van der Waals surface area contributed by atoms with E-state index in [1.54, 1.807) is 0 Å². The predicted octanol–water partition coefficient (Wildman–Crippen LogP) is 2.62. The third kappa shape index (κ3) is 3.68. The van der Waals surface area contributed by atoms with Gasteiger partial charge in [0, 0.05) is 6.04 Å². The maximum absolute atomic E-state index is 13.3. The minimum absolute atomic E-state index is 0.0316. The smallest absolute Gasteiger partial charge is 0.285 e. The molecular formula is C14H18FN3O3. The Morgan fingerprint density at radius 1 is 1.57 bits per heavy atom. The molecule has 1 aliphatic carbocycles. The van der Waals surface area contributed by atoms with Crippen LogP contribution in [-0.2, 0) is 0 Å². The van der Waals surface area contributed by atoms with Crippen molar-refractivity contribution in [2.45, 2.75) is 38.6 Å². The van der Waals surface area contributed by atoms with Crippen LogP contribution in [0, 0.1) is 21.8 Å². The Bertz CT molecular complexity index is 573. The molecule has 0 saturated heterocycles. The maximum atomic E-state index is 13.3. The summed E-state index contributed by atoms with van der Waals surface area (Å²) in [7, 11) is 0. The zero-order valence-corrected chi connectivity index (χ0v) is 11.8. The number of halogens is 1. The molecule has 0 aromatic heterocycles. The Hall–Kier alpha value is -2.18.